The van der Waals surface area contributed by atoms with Crippen molar-refractivity contribution in [2.75, 3.05) is 42.6 Å². The van der Waals surface area contributed by atoms with E-state index in [1.807, 2.05) is 30.5 Å². The molecule has 4 atom stereocenters. The van der Waals surface area contributed by atoms with Gasteiger partial charge in [0.15, 0.2) is 6.10 Å². The van der Waals surface area contributed by atoms with Gasteiger partial charge >= 0.3 is 6.09 Å². The maximum atomic E-state index is 12.3. The Labute approximate surface area is 180 Å². The van der Waals surface area contributed by atoms with Crippen LogP contribution >= 0.6 is 0 Å². The van der Waals surface area contributed by atoms with Crippen molar-refractivity contribution in [1.29, 1.82) is 0 Å². The van der Waals surface area contributed by atoms with Crippen molar-refractivity contribution >= 4 is 17.5 Å². The van der Waals surface area contributed by atoms with Crippen molar-refractivity contribution < 1.29 is 19.4 Å². The third-order valence-electron chi connectivity index (χ3n) is 7.03. The molecule has 162 valence electrons. The number of hydrogen-bond donors (Lipinski definition) is 2. The van der Waals surface area contributed by atoms with E-state index >= 15 is 0 Å². The molecule has 1 aromatic carbocycles. The summed E-state index contributed by atoms with van der Waals surface area (Å²) < 4.78 is 11.2. The van der Waals surface area contributed by atoms with E-state index in [1.165, 1.54) is 12.8 Å². The summed E-state index contributed by atoms with van der Waals surface area (Å²) in [5.41, 5.74) is 3.63. The van der Waals surface area contributed by atoms with Crippen LogP contribution in [0.25, 0.3) is 11.3 Å². The van der Waals surface area contributed by atoms with Crippen LogP contribution in [0.1, 0.15) is 12.8 Å². The number of nitrogens with zero attached hydrogens (tertiary/aromatic N) is 3. The Hall–Kier alpha value is -2.84. The number of anilines is 2. The molecule has 1 aromatic heterocycles. The minimum atomic E-state index is -0.556. The number of aliphatic hydroxyl groups excluding tert-OH is 1. The van der Waals surface area contributed by atoms with Gasteiger partial charge in [-0.25, -0.2) is 4.79 Å². The maximum Gasteiger partial charge on any atom is 0.415 e. The molecule has 2 N–H and O–H groups in total. The number of benzene rings is 1. The summed E-state index contributed by atoms with van der Waals surface area (Å²) in [4.78, 5) is 21.0. The largest absolute Gasteiger partial charge is 0.489 e. The fourth-order valence-corrected chi connectivity index (χ4v) is 5.35. The summed E-state index contributed by atoms with van der Waals surface area (Å²) >= 11 is 0. The van der Waals surface area contributed by atoms with Gasteiger partial charge in [0.1, 0.15) is 18.4 Å². The molecule has 4 aliphatic rings. The van der Waals surface area contributed by atoms with Gasteiger partial charge in [0.2, 0.25) is 0 Å². The zero-order valence-electron chi connectivity index (χ0n) is 17.2. The van der Waals surface area contributed by atoms with E-state index < -0.39 is 12.2 Å². The molecular weight excluding hydrogens is 396 g/mol. The Balaban J connectivity index is 1.22. The first-order valence-electron chi connectivity index (χ1n) is 11.0. The lowest BCUT2D eigenvalue weighted by Gasteiger charge is -2.31. The van der Waals surface area contributed by atoms with Crippen LogP contribution in [0.3, 0.4) is 0 Å². The normalized spacial score (nSPS) is 29.1. The van der Waals surface area contributed by atoms with Gasteiger partial charge in [0.25, 0.3) is 0 Å². The van der Waals surface area contributed by atoms with Crippen LogP contribution in [-0.4, -0.2) is 67.2 Å². The smallest absolute Gasteiger partial charge is 0.415 e. The van der Waals surface area contributed by atoms with Gasteiger partial charge in [-0.05, 0) is 49.6 Å². The Kier molecular flexibility index (Phi) is 4.50. The summed E-state index contributed by atoms with van der Waals surface area (Å²) in [5.74, 6) is 1.36. The Morgan fingerprint density at radius 2 is 2.16 bits per heavy atom. The maximum absolute atomic E-state index is 12.3. The van der Waals surface area contributed by atoms with E-state index in [1.54, 1.807) is 4.90 Å². The molecule has 0 spiro atoms. The van der Waals surface area contributed by atoms with Crippen LogP contribution in [0.2, 0.25) is 0 Å². The molecule has 1 amide bonds. The summed E-state index contributed by atoms with van der Waals surface area (Å²) in [6, 6.07) is 10.2. The summed E-state index contributed by atoms with van der Waals surface area (Å²) in [7, 11) is 0. The monoisotopic (exact) mass is 422 g/mol. The van der Waals surface area contributed by atoms with Crippen molar-refractivity contribution in [2.24, 2.45) is 5.92 Å². The second-order valence-corrected chi connectivity index (χ2v) is 8.81. The van der Waals surface area contributed by atoms with Crippen LogP contribution < -0.4 is 19.9 Å². The first kappa shape index (κ1) is 18.9. The fraction of sp³-hybridized carbons (Fsp3) is 0.478. The number of carbonyl (C=O) groups excluding carboxylic acids is 1. The number of rotatable bonds is 3. The standard InChI is InChI=1S/C23H26N4O4/c28-12-22-20-13-30-21-8-14(3-6-19(21)27(20)23(29)31-22)17-5-4-16(9-25-17)26-10-15-2-1-7-24-18(15)11-26/h3-6,8-9,15,18,20,22,24,28H,1-2,7,10-13H2/t15?,18?,20-,22?/m0/s1. The first-order chi connectivity index (χ1) is 15.2. The molecule has 3 unspecified atom stereocenters. The molecule has 2 aromatic rings. The van der Waals surface area contributed by atoms with E-state index in [4.69, 9.17) is 14.5 Å². The predicted molar refractivity (Wildman–Crippen MR) is 116 cm³/mol. The minimum Gasteiger partial charge on any atom is -0.489 e. The molecule has 8 heteroatoms. The predicted octanol–water partition coefficient (Wildman–Crippen LogP) is 2.02. The van der Waals surface area contributed by atoms with Gasteiger partial charge in [-0.15, -0.1) is 0 Å². The summed E-state index contributed by atoms with van der Waals surface area (Å²) in [6.45, 7) is 3.34. The molecule has 5 heterocycles. The van der Waals surface area contributed by atoms with E-state index in [0.29, 0.717) is 24.1 Å². The average molecular weight is 422 g/mol. The highest BCUT2D eigenvalue weighted by Crippen LogP contribution is 2.41. The lowest BCUT2D eigenvalue weighted by Crippen LogP contribution is -2.45. The van der Waals surface area contributed by atoms with Crippen molar-refractivity contribution in [2.45, 2.75) is 31.0 Å². The van der Waals surface area contributed by atoms with Gasteiger partial charge in [-0.3, -0.25) is 9.88 Å². The number of fused-ring (bicyclic) bond motifs is 4. The number of carbonyl (C=O) groups is 1. The number of ether oxygens (including phenoxy) is 2. The molecule has 8 nitrogen and oxygen atoms in total. The zero-order valence-corrected chi connectivity index (χ0v) is 17.2. The Morgan fingerprint density at radius 3 is 2.97 bits per heavy atom. The van der Waals surface area contributed by atoms with Gasteiger partial charge in [0.05, 0.1) is 29.9 Å². The topological polar surface area (TPSA) is 87.2 Å². The number of nitrogens with one attached hydrogen (secondary N) is 1. The van der Waals surface area contributed by atoms with E-state index in [2.05, 4.69) is 16.3 Å². The molecule has 0 aliphatic carbocycles. The summed E-state index contributed by atoms with van der Waals surface area (Å²) in [6.07, 6.45) is 3.53. The van der Waals surface area contributed by atoms with Crippen molar-refractivity contribution in [1.82, 2.24) is 10.3 Å². The minimum absolute atomic E-state index is 0.214. The number of amides is 1. The van der Waals surface area contributed by atoms with E-state index in [9.17, 15) is 9.90 Å². The average Bonchev–Trinajstić information content (AvgIpc) is 3.40. The third-order valence-corrected chi connectivity index (χ3v) is 7.03. The van der Waals surface area contributed by atoms with Crippen LogP contribution in [0.4, 0.5) is 16.2 Å². The molecule has 0 bridgehead atoms. The molecule has 6 rings (SSSR count). The zero-order chi connectivity index (χ0) is 20.9. The van der Waals surface area contributed by atoms with Crippen molar-refractivity contribution in [3.63, 3.8) is 0 Å². The fourth-order valence-electron chi connectivity index (χ4n) is 5.35. The molecule has 3 fully saturated rings. The number of piperidine rings is 1. The lowest BCUT2D eigenvalue weighted by molar-refractivity contribution is 0.0734. The van der Waals surface area contributed by atoms with E-state index in [0.717, 1.165) is 42.5 Å². The second kappa shape index (κ2) is 7.39. The van der Waals surface area contributed by atoms with Crippen LogP contribution in [0.5, 0.6) is 5.75 Å². The highest BCUT2D eigenvalue weighted by atomic mass is 16.6. The Bertz CT molecular complexity index is 984. The quantitative estimate of drug-likeness (QED) is 0.783. The SMILES string of the molecule is O=C1OC(CO)[C@@H]2COc3cc(-c4ccc(N5CC6CCCNC6C5)cn4)ccc3N12. The van der Waals surface area contributed by atoms with Gasteiger partial charge < -0.3 is 24.8 Å². The van der Waals surface area contributed by atoms with Gasteiger partial charge in [-0.2, -0.15) is 0 Å². The number of aliphatic hydroxyl groups is 1. The van der Waals surface area contributed by atoms with Crippen molar-refractivity contribution in [3.05, 3.63) is 36.5 Å². The molecule has 0 radical (unpaired) electrons. The highest BCUT2D eigenvalue weighted by molar-refractivity contribution is 5.94. The second-order valence-electron chi connectivity index (χ2n) is 8.81. The van der Waals surface area contributed by atoms with Crippen molar-refractivity contribution in [3.8, 4) is 17.0 Å². The number of aromatic nitrogens is 1. The molecule has 31 heavy (non-hydrogen) atoms. The molecule has 4 aliphatic heterocycles. The van der Waals surface area contributed by atoms with E-state index in [-0.39, 0.29) is 12.6 Å². The Morgan fingerprint density at radius 1 is 1.23 bits per heavy atom. The number of hydrogen-bond acceptors (Lipinski definition) is 7. The molecule has 0 saturated carbocycles. The molecular formula is C23H26N4O4. The molecule has 3 saturated heterocycles. The third kappa shape index (κ3) is 3.13. The summed E-state index contributed by atoms with van der Waals surface area (Å²) in [5, 5.41) is 13.1. The number of pyridine rings is 1. The van der Waals surface area contributed by atoms with Gasteiger partial charge in [0, 0.05) is 24.7 Å². The van der Waals surface area contributed by atoms with Crippen LogP contribution in [0, 0.1) is 5.92 Å². The highest BCUT2D eigenvalue weighted by Gasteiger charge is 2.46. The first-order valence-corrected chi connectivity index (χ1v) is 11.0. The lowest BCUT2D eigenvalue weighted by atomic mass is 9.94. The van der Waals surface area contributed by atoms with Gasteiger partial charge in [-0.1, -0.05) is 6.07 Å². The van der Waals surface area contributed by atoms with Crippen LogP contribution in [0.15, 0.2) is 36.5 Å². The number of cyclic esters (lactones) is 1. The van der Waals surface area contributed by atoms with Crippen LogP contribution in [-0.2, 0) is 4.74 Å².